The molecule has 0 aliphatic rings. The summed E-state index contributed by atoms with van der Waals surface area (Å²) in [5.74, 6) is 2.00. The highest BCUT2D eigenvalue weighted by Gasteiger charge is 2.24. The fourth-order valence-corrected chi connectivity index (χ4v) is 6.52. The van der Waals surface area contributed by atoms with E-state index in [4.69, 9.17) is 0 Å². The lowest BCUT2D eigenvalue weighted by atomic mass is 9.96. The third kappa shape index (κ3) is 12.9. The standard InChI is InChI=1S/C40H63N2/c1-4-6-7-8-9-10-11-12-13-14-15-16-17-18-19-26-32-41-35-39(33-36(3)38-29-24-21-25-30-38)42(31-5-2)40(41)34-37-27-22-20-23-28-37/h20-25,27-30,35-36H,4-19,26,31-34H2,1-3H3/q+1. The zero-order valence-corrected chi connectivity index (χ0v) is 27.7. The molecular formula is C40H63N2+. The smallest absolute Gasteiger partial charge is 0.234 e. The lowest BCUT2D eigenvalue weighted by Gasteiger charge is -2.11. The van der Waals surface area contributed by atoms with E-state index < -0.39 is 0 Å². The summed E-state index contributed by atoms with van der Waals surface area (Å²) in [5, 5.41) is 0. The lowest BCUT2D eigenvalue weighted by molar-refractivity contribution is -0.710. The highest BCUT2D eigenvalue weighted by atomic mass is 15.2. The first-order valence-electron chi connectivity index (χ1n) is 17.9. The monoisotopic (exact) mass is 571 g/mol. The lowest BCUT2D eigenvalue weighted by Crippen LogP contribution is -2.41. The highest BCUT2D eigenvalue weighted by Crippen LogP contribution is 2.21. The van der Waals surface area contributed by atoms with Crippen molar-refractivity contribution in [2.24, 2.45) is 0 Å². The Bertz CT molecular complexity index is 1050. The fraction of sp³-hybridized carbons (Fsp3) is 0.625. The molecule has 232 valence electrons. The molecule has 3 aromatic rings. The van der Waals surface area contributed by atoms with E-state index in [1.807, 2.05) is 0 Å². The summed E-state index contributed by atoms with van der Waals surface area (Å²) in [6, 6.07) is 22.1. The molecule has 2 nitrogen and oxygen atoms in total. The molecule has 1 unspecified atom stereocenters. The van der Waals surface area contributed by atoms with E-state index in [0.717, 1.165) is 25.9 Å². The van der Waals surface area contributed by atoms with E-state index in [-0.39, 0.29) is 0 Å². The quantitative estimate of drug-likeness (QED) is 0.0747. The molecule has 1 heterocycles. The number of imidazole rings is 1. The topological polar surface area (TPSA) is 8.81 Å². The summed E-state index contributed by atoms with van der Waals surface area (Å²) in [4.78, 5) is 0. The average molecular weight is 572 g/mol. The Labute approximate surface area is 260 Å². The summed E-state index contributed by atoms with van der Waals surface area (Å²) in [5.41, 5.74) is 4.35. The SMILES string of the molecule is CCCCCCCCCCCCCCCCCCn1cc(CC(C)c2ccccc2)[n+](CCC)c1Cc1ccccc1. The minimum atomic E-state index is 0.519. The zero-order valence-electron chi connectivity index (χ0n) is 27.7. The van der Waals surface area contributed by atoms with Crippen LogP contribution in [-0.2, 0) is 25.9 Å². The van der Waals surface area contributed by atoms with Gasteiger partial charge in [-0.15, -0.1) is 0 Å². The van der Waals surface area contributed by atoms with Crippen LogP contribution in [-0.4, -0.2) is 4.57 Å². The second-order valence-corrected chi connectivity index (χ2v) is 12.9. The molecule has 0 radical (unpaired) electrons. The van der Waals surface area contributed by atoms with Gasteiger partial charge in [0.15, 0.2) is 0 Å². The Kier molecular flexibility index (Phi) is 17.4. The van der Waals surface area contributed by atoms with Crippen molar-refractivity contribution in [1.82, 2.24) is 4.57 Å². The number of unbranched alkanes of at least 4 members (excludes halogenated alkanes) is 15. The van der Waals surface area contributed by atoms with Crippen molar-refractivity contribution in [3.8, 4) is 0 Å². The van der Waals surface area contributed by atoms with Crippen LogP contribution in [0.25, 0.3) is 0 Å². The highest BCUT2D eigenvalue weighted by molar-refractivity contribution is 5.21. The van der Waals surface area contributed by atoms with Crippen molar-refractivity contribution >= 4 is 0 Å². The fourth-order valence-electron chi connectivity index (χ4n) is 6.52. The third-order valence-electron chi connectivity index (χ3n) is 9.08. The van der Waals surface area contributed by atoms with E-state index in [9.17, 15) is 0 Å². The maximum absolute atomic E-state index is 2.65. The Morgan fingerprint density at radius 2 is 1.10 bits per heavy atom. The van der Waals surface area contributed by atoms with Gasteiger partial charge in [0.1, 0.15) is 11.9 Å². The number of benzene rings is 2. The molecule has 42 heavy (non-hydrogen) atoms. The first-order chi connectivity index (χ1) is 20.7. The van der Waals surface area contributed by atoms with Gasteiger partial charge >= 0.3 is 0 Å². The molecule has 0 fully saturated rings. The molecule has 1 aromatic heterocycles. The maximum atomic E-state index is 2.65. The molecule has 1 atom stereocenters. The number of rotatable bonds is 24. The molecule has 0 bridgehead atoms. The Hall–Kier alpha value is -2.35. The van der Waals surface area contributed by atoms with Crippen LogP contribution in [0.3, 0.4) is 0 Å². The molecule has 0 aliphatic carbocycles. The first kappa shape index (κ1) is 34.1. The zero-order chi connectivity index (χ0) is 29.7. The van der Waals surface area contributed by atoms with Crippen LogP contribution < -0.4 is 4.57 Å². The molecule has 3 rings (SSSR count). The van der Waals surface area contributed by atoms with Crippen LogP contribution in [0.15, 0.2) is 66.9 Å². The normalized spacial score (nSPS) is 12.2. The molecule has 0 saturated carbocycles. The summed E-state index contributed by atoms with van der Waals surface area (Å²) in [6.45, 7) is 9.25. The summed E-state index contributed by atoms with van der Waals surface area (Å²) in [6.07, 6.45) is 28.5. The molecule has 0 N–H and O–H groups in total. The molecule has 2 heteroatoms. The number of nitrogens with zero attached hydrogens (tertiary/aromatic N) is 2. The number of aromatic nitrogens is 2. The molecule has 0 spiro atoms. The molecule has 0 saturated heterocycles. The van der Waals surface area contributed by atoms with Crippen LogP contribution in [0, 0.1) is 0 Å². The average Bonchev–Trinajstić information content (AvgIpc) is 3.32. The summed E-state index contributed by atoms with van der Waals surface area (Å²) >= 11 is 0. The van der Waals surface area contributed by atoms with Gasteiger partial charge in [-0.3, -0.25) is 0 Å². The Balaban J connectivity index is 1.43. The van der Waals surface area contributed by atoms with Crippen LogP contribution in [0.1, 0.15) is 158 Å². The van der Waals surface area contributed by atoms with Crippen LogP contribution in [0.2, 0.25) is 0 Å². The van der Waals surface area contributed by atoms with Crippen molar-refractivity contribution in [3.63, 3.8) is 0 Å². The van der Waals surface area contributed by atoms with Crippen molar-refractivity contribution in [3.05, 3.63) is 89.5 Å². The minimum absolute atomic E-state index is 0.519. The number of aryl methyl sites for hydroxylation is 1. The molecular weight excluding hydrogens is 508 g/mol. The van der Waals surface area contributed by atoms with Gasteiger partial charge < -0.3 is 0 Å². The van der Waals surface area contributed by atoms with Crippen molar-refractivity contribution in [1.29, 1.82) is 0 Å². The van der Waals surface area contributed by atoms with E-state index in [0.29, 0.717) is 5.92 Å². The van der Waals surface area contributed by atoms with Crippen LogP contribution in [0.4, 0.5) is 0 Å². The first-order valence-corrected chi connectivity index (χ1v) is 17.9. The second-order valence-electron chi connectivity index (χ2n) is 12.9. The predicted octanol–water partition coefficient (Wildman–Crippen LogP) is 11.4. The van der Waals surface area contributed by atoms with Crippen LogP contribution in [0.5, 0.6) is 0 Å². The van der Waals surface area contributed by atoms with Gasteiger partial charge in [0.05, 0.1) is 19.5 Å². The van der Waals surface area contributed by atoms with Gasteiger partial charge in [-0.2, -0.15) is 0 Å². The predicted molar refractivity (Wildman–Crippen MR) is 182 cm³/mol. The van der Waals surface area contributed by atoms with Crippen LogP contribution >= 0.6 is 0 Å². The summed E-state index contributed by atoms with van der Waals surface area (Å²) < 4.78 is 5.26. The van der Waals surface area contributed by atoms with E-state index in [1.54, 1.807) is 0 Å². The molecule has 0 aliphatic heterocycles. The maximum Gasteiger partial charge on any atom is 0.261 e. The van der Waals surface area contributed by atoms with Gasteiger partial charge in [0.25, 0.3) is 5.82 Å². The number of hydrogen-bond donors (Lipinski definition) is 0. The third-order valence-corrected chi connectivity index (χ3v) is 9.08. The van der Waals surface area contributed by atoms with Gasteiger partial charge in [-0.05, 0) is 36.3 Å². The van der Waals surface area contributed by atoms with Gasteiger partial charge in [-0.25, -0.2) is 9.13 Å². The van der Waals surface area contributed by atoms with Crippen molar-refractivity contribution in [2.75, 3.05) is 0 Å². The summed E-state index contributed by atoms with van der Waals surface area (Å²) in [7, 11) is 0. The Morgan fingerprint density at radius 1 is 0.595 bits per heavy atom. The molecule has 2 aromatic carbocycles. The van der Waals surface area contributed by atoms with Crippen molar-refractivity contribution < 1.29 is 4.57 Å². The minimum Gasteiger partial charge on any atom is -0.234 e. The van der Waals surface area contributed by atoms with Gasteiger partial charge in [0.2, 0.25) is 0 Å². The van der Waals surface area contributed by atoms with Gasteiger partial charge in [-0.1, -0.05) is 171 Å². The van der Waals surface area contributed by atoms with E-state index in [1.165, 1.54) is 132 Å². The van der Waals surface area contributed by atoms with E-state index >= 15 is 0 Å². The second kappa shape index (κ2) is 21.4. The number of hydrogen-bond acceptors (Lipinski definition) is 0. The van der Waals surface area contributed by atoms with E-state index in [2.05, 4.69) is 96.8 Å². The Morgan fingerprint density at radius 3 is 1.62 bits per heavy atom. The largest absolute Gasteiger partial charge is 0.261 e. The molecule has 0 amide bonds. The van der Waals surface area contributed by atoms with Gasteiger partial charge in [0, 0.05) is 6.42 Å². The van der Waals surface area contributed by atoms with Crippen molar-refractivity contribution in [2.45, 2.75) is 162 Å².